The van der Waals surface area contributed by atoms with Crippen LogP contribution < -0.4 is 10.6 Å². The van der Waals surface area contributed by atoms with E-state index in [0.29, 0.717) is 13.0 Å². The molecular weight excluding hydrogens is 356 g/mol. The zero-order valence-electron chi connectivity index (χ0n) is 14.4. The standard InChI is InChI=1S/C17H27BrN4O/c1-5-13(2)21-16(23)10-11-20-17(19-3)22(4)12-14-8-6-7-9-15(14)18/h6-9,13H,5,10-12H2,1-4H3,(H,19,20)(H,21,23). The summed E-state index contributed by atoms with van der Waals surface area (Å²) in [4.78, 5) is 18.1. The number of guanidine groups is 1. The van der Waals surface area contributed by atoms with Crippen LogP contribution in [0.2, 0.25) is 0 Å². The van der Waals surface area contributed by atoms with Crippen LogP contribution in [0.5, 0.6) is 0 Å². The molecule has 1 rings (SSSR count). The fraction of sp³-hybridized carbons (Fsp3) is 0.529. The van der Waals surface area contributed by atoms with Gasteiger partial charge in [-0.2, -0.15) is 0 Å². The van der Waals surface area contributed by atoms with E-state index in [0.717, 1.165) is 23.4 Å². The summed E-state index contributed by atoms with van der Waals surface area (Å²) in [7, 11) is 3.73. The Bertz CT molecular complexity index is 533. The lowest BCUT2D eigenvalue weighted by atomic mass is 10.2. The van der Waals surface area contributed by atoms with E-state index in [-0.39, 0.29) is 11.9 Å². The van der Waals surface area contributed by atoms with E-state index in [2.05, 4.69) is 44.5 Å². The van der Waals surface area contributed by atoms with Gasteiger partial charge in [0, 0.05) is 44.1 Å². The summed E-state index contributed by atoms with van der Waals surface area (Å²) in [6.07, 6.45) is 1.38. The molecule has 0 aromatic heterocycles. The van der Waals surface area contributed by atoms with Crippen LogP contribution in [0, 0.1) is 0 Å². The Morgan fingerprint density at radius 3 is 2.70 bits per heavy atom. The fourth-order valence-electron chi connectivity index (χ4n) is 2.08. The Balaban J connectivity index is 2.45. The number of benzene rings is 1. The molecule has 0 aliphatic carbocycles. The number of carbonyl (C=O) groups is 1. The van der Waals surface area contributed by atoms with Gasteiger partial charge in [0.2, 0.25) is 5.91 Å². The molecule has 1 aromatic carbocycles. The molecular formula is C17H27BrN4O. The second-order valence-electron chi connectivity index (χ2n) is 5.55. The number of hydrogen-bond acceptors (Lipinski definition) is 2. The summed E-state index contributed by atoms with van der Waals surface area (Å²) in [6, 6.07) is 8.34. The van der Waals surface area contributed by atoms with Gasteiger partial charge in [-0.1, -0.05) is 41.1 Å². The Morgan fingerprint density at radius 2 is 2.09 bits per heavy atom. The molecule has 0 fully saturated rings. The second-order valence-corrected chi connectivity index (χ2v) is 6.40. The van der Waals surface area contributed by atoms with Gasteiger partial charge < -0.3 is 15.5 Å². The number of carbonyl (C=O) groups excluding carboxylic acids is 1. The Labute approximate surface area is 147 Å². The first-order chi connectivity index (χ1) is 11.0. The zero-order valence-corrected chi connectivity index (χ0v) is 16.0. The zero-order chi connectivity index (χ0) is 17.2. The van der Waals surface area contributed by atoms with Gasteiger partial charge in [0.15, 0.2) is 5.96 Å². The normalized spacial score (nSPS) is 12.7. The molecule has 1 amide bonds. The Morgan fingerprint density at radius 1 is 1.39 bits per heavy atom. The molecule has 0 heterocycles. The van der Waals surface area contributed by atoms with Crippen molar-refractivity contribution in [2.75, 3.05) is 20.6 Å². The summed E-state index contributed by atoms with van der Waals surface area (Å²) in [5, 5.41) is 6.19. The van der Waals surface area contributed by atoms with Crippen molar-refractivity contribution in [3.63, 3.8) is 0 Å². The molecule has 23 heavy (non-hydrogen) atoms. The maximum Gasteiger partial charge on any atom is 0.221 e. The molecule has 1 unspecified atom stereocenters. The van der Waals surface area contributed by atoms with Gasteiger partial charge in [0.25, 0.3) is 0 Å². The number of hydrogen-bond donors (Lipinski definition) is 2. The SMILES string of the molecule is CCC(C)NC(=O)CCNC(=NC)N(C)Cc1ccccc1Br. The summed E-state index contributed by atoms with van der Waals surface area (Å²) in [5.41, 5.74) is 1.19. The summed E-state index contributed by atoms with van der Waals surface area (Å²) in [6.45, 7) is 5.37. The molecule has 0 spiro atoms. The van der Waals surface area contributed by atoms with Gasteiger partial charge in [0.1, 0.15) is 0 Å². The average Bonchev–Trinajstić information content (AvgIpc) is 2.53. The van der Waals surface area contributed by atoms with Crippen LogP contribution in [0.25, 0.3) is 0 Å². The highest BCUT2D eigenvalue weighted by Crippen LogP contribution is 2.17. The number of nitrogens with zero attached hydrogens (tertiary/aromatic N) is 2. The first-order valence-electron chi connectivity index (χ1n) is 7.92. The Hall–Kier alpha value is -1.56. The molecule has 0 aliphatic rings. The molecule has 128 valence electrons. The molecule has 1 aromatic rings. The highest BCUT2D eigenvalue weighted by Gasteiger charge is 2.10. The fourth-order valence-corrected chi connectivity index (χ4v) is 2.49. The lowest BCUT2D eigenvalue weighted by molar-refractivity contribution is -0.121. The van der Waals surface area contributed by atoms with E-state index in [1.165, 1.54) is 5.56 Å². The van der Waals surface area contributed by atoms with E-state index in [1.54, 1.807) is 7.05 Å². The maximum absolute atomic E-state index is 11.8. The minimum atomic E-state index is 0.0655. The highest BCUT2D eigenvalue weighted by molar-refractivity contribution is 9.10. The predicted octanol–water partition coefficient (Wildman–Crippen LogP) is 2.76. The van der Waals surface area contributed by atoms with Crippen molar-refractivity contribution >= 4 is 27.8 Å². The van der Waals surface area contributed by atoms with Crippen LogP contribution in [0.1, 0.15) is 32.3 Å². The molecule has 6 heteroatoms. The number of nitrogens with one attached hydrogen (secondary N) is 2. The van der Waals surface area contributed by atoms with Crippen molar-refractivity contribution in [2.45, 2.75) is 39.3 Å². The van der Waals surface area contributed by atoms with Crippen molar-refractivity contribution in [1.82, 2.24) is 15.5 Å². The van der Waals surface area contributed by atoms with Gasteiger partial charge >= 0.3 is 0 Å². The lowest BCUT2D eigenvalue weighted by Gasteiger charge is -2.22. The minimum Gasteiger partial charge on any atom is -0.356 e. The quantitative estimate of drug-likeness (QED) is 0.562. The number of halogens is 1. The largest absolute Gasteiger partial charge is 0.356 e. The molecule has 0 aliphatic heterocycles. The predicted molar refractivity (Wildman–Crippen MR) is 99.5 cm³/mol. The molecule has 2 N–H and O–H groups in total. The van der Waals surface area contributed by atoms with Gasteiger partial charge in [-0.3, -0.25) is 9.79 Å². The van der Waals surface area contributed by atoms with Crippen LogP contribution >= 0.6 is 15.9 Å². The van der Waals surface area contributed by atoms with E-state index in [1.807, 2.05) is 37.1 Å². The Kier molecular flexibility index (Phi) is 8.69. The number of rotatable bonds is 7. The first-order valence-corrected chi connectivity index (χ1v) is 8.71. The smallest absolute Gasteiger partial charge is 0.221 e. The van der Waals surface area contributed by atoms with Crippen LogP contribution in [-0.2, 0) is 11.3 Å². The highest BCUT2D eigenvalue weighted by atomic mass is 79.9. The van der Waals surface area contributed by atoms with Crippen LogP contribution in [0.4, 0.5) is 0 Å². The van der Waals surface area contributed by atoms with Crippen molar-refractivity contribution in [2.24, 2.45) is 4.99 Å². The van der Waals surface area contributed by atoms with E-state index < -0.39 is 0 Å². The van der Waals surface area contributed by atoms with E-state index in [4.69, 9.17) is 0 Å². The third-order valence-electron chi connectivity index (χ3n) is 3.59. The molecule has 1 atom stereocenters. The van der Waals surface area contributed by atoms with Gasteiger partial charge in [-0.15, -0.1) is 0 Å². The van der Waals surface area contributed by atoms with Crippen LogP contribution in [0.3, 0.4) is 0 Å². The molecule has 0 radical (unpaired) electrons. The number of amides is 1. The molecule has 0 bridgehead atoms. The summed E-state index contributed by atoms with van der Waals surface area (Å²) in [5.74, 6) is 0.841. The maximum atomic E-state index is 11.8. The third kappa shape index (κ3) is 7.03. The topological polar surface area (TPSA) is 56.7 Å². The first kappa shape index (κ1) is 19.5. The average molecular weight is 383 g/mol. The van der Waals surface area contributed by atoms with Crippen LogP contribution in [0.15, 0.2) is 33.7 Å². The van der Waals surface area contributed by atoms with Gasteiger partial charge in [-0.25, -0.2) is 0 Å². The van der Waals surface area contributed by atoms with Crippen molar-refractivity contribution < 1.29 is 4.79 Å². The van der Waals surface area contributed by atoms with Crippen LogP contribution in [-0.4, -0.2) is 43.4 Å². The van der Waals surface area contributed by atoms with E-state index in [9.17, 15) is 4.79 Å². The molecule has 5 nitrogen and oxygen atoms in total. The lowest BCUT2D eigenvalue weighted by Crippen LogP contribution is -2.41. The van der Waals surface area contributed by atoms with Gasteiger partial charge in [-0.05, 0) is 25.0 Å². The monoisotopic (exact) mass is 382 g/mol. The van der Waals surface area contributed by atoms with E-state index >= 15 is 0 Å². The van der Waals surface area contributed by atoms with Gasteiger partial charge in [0.05, 0.1) is 0 Å². The molecule has 0 saturated carbocycles. The second kappa shape index (κ2) is 10.3. The van der Waals surface area contributed by atoms with Crippen molar-refractivity contribution in [3.8, 4) is 0 Å². The number of aliphatic imine (C=N–C) groups is 1. The molecule has 0 saturated heterocycles. The summed E-state index contributed by atoms with van der Waals surface area (Å²) < 4.78 is 1.08. The third-order valence-corrected chi connectivity index (χ3v) is 4.37. The summed E-state index contributed by atoms with van der Waals surface area (Å²) >= 11 is 3.56. The van der Waals surface area contributed by atoms with Crippen molar-refractivity contribution in [3.05, 3.63) is 34.3 Å². The minimum absolute atomic E-state index is 0.0655. The van der Waals surface area contributed by atoms with Crippen molar-refractivity contribution in [1.29, 1.82) is 0 Å².